The van der Waals surface area contributed by atoms with Crippen LogP contribution in [0.15, 0.2) is 24.3 Å². The molecule has 1 aromatic carbocycles. The van der Waals surface area contributed by atoms with E-state index in [0.29, 0.717) is 11.1 Å². The van der Waals surface area contributed by atoms with Gasteiger partial charge in [0.05, 0.1) is 0 Å². The first kappa shape index (κ1) is 13.4. The summed E-state index contributed by atoms with van der Waals surface area (Å²) < 4.78 is 21.1. The number of carbonyl (C=O) groups excluding carboxylic acids is 1. The Labute approximate surface area is 109 Å². The molecule has 0 aliphatic carbocycles. The summed E-state index contributed by atoms with van der Waals surface area (Å²) in [6.45, 7) is 1.79. The van der Waals surface area contributed by atoms with Crippen LogP contribution in [0.2, 0.25) is 0 Å². The van der Waals surface area contributed by atoms with Crippen molar-refractivity contribution in [1.29, 1.82) is 0 Å². The first-order valence-corrected chi connectivity index (χ1v) is 7.31. The smallest absolute Gasteiger partial charge is 0.166 e. The maximum absolute atomic E-state index is 12.2. The topological polar surface area (TPSA) is 69.2 Å². The molecule has 2 rings (SSSR count). The third kappa shape index (κ3) is 3.48. The quantitative estimate of drug-likeness (QED) is 0.657. The molecule has 1 fully saturated rings. The van der Waals surface area contributed by atoms with Crippen molar-refractivity contribution in [1.82, 2.24) is 5.32 Å². The molecule has 0 amide bonds. The standard InChI is InChI=1S/C13H17NO3S/c15-13(12-5-7-14-8-6-12)11-3-1-10(2-4-11)9-18(16)17/h1-4,12,14H,5-9H2,(H,16,17)/p-1. The minimum Gasteiger partial charge on any atom is -0.772 e. The Balaban J connectivity index is 2.04. The summed E-state index contributed by atoms with van der Waals surface area (Å²) in [6.07, 6.45) is 1.76. The summed E-state index contributed by atoms with van der Waals surface area (Å²) in [5.74, 6) is 0.277. The summed E-state index contributed by atoms with van der Waals surface area (Å²) in [5.41, 5.74) is 1.40. The van der Waals surface area contributed by atoms with E-state index in [9.17, 15) is 13.6 Å². The summed E-state index contributed by atoms with van der Waals surface area (Å²) >= 11 is -2.08. The minimum atomic E-state index is -2.08. The van der Waals surface area contributed by atoms with Gasteiger partial charge in [0.2, 0.25) is 0 Å². The van der Waals surface area contributed by atoms with Gasteiger partial charge in [-0.1, -0.05) is 35.3 Å². The van der Waals surface area contributed by atoms with E-state index in [1.54, 1.807) is 24.3 Å². The number of Topliss-reactive ketones (excluding diaryl/α,β-unsaturated/α-hetero) is 1. The Bertz CT molecular complexity index is 438. The van der Waals surface area contributed by atoms with Crippen LogP contribution in [0, 0.1) is 5.92 Å². The molecular formula is C13H16NO3S-. The van der Waals surface area contributed by atoms with Crippen molar-refractivity contribution in [2.75, 3.05) is 13.1 Å². The molecule has 1 atom stereocenters. The van der Waals surface area contributed by atoms with Gasteiger partial charge in [-0.2, -0.15) is 0 Å². The van der Waals surface area contributed by atoms with Crippen LogP contribution in [0.5, 0.6) is 0 Å². The van der Waals surface area contributed by atoms with Gasteiger partial charge in [0.15, 0.2) is 5.78 Å². The Morgan fingerprint density at radius 1 is 1.28 bits per heavy atom. The average Bonchev–Trinajstić information content (AvgIpc) is 2.39. The van der Waals surface area contributed by atoms with E-state index in [4.69, 9.17) is 0 Å². The molecule has 1 N–H and O–H groups in total. The zero-order valence-electron chi connectivity index (χ0n) is 10.1. The number of hydrogen-bond donors (Lipinski definition) is 1. The summed E-state index contributed by atoms with van der Waals surface area (Å²) in [7, 11) is 0. The fourth-order valence-corrected chi connectivity index (χ4v) is 2.69. The Kier molecular flexibility index (Phi) is 4.63. The number of ketones is 1. The lowest BCUT2D eigenvalue weighted by molar-refractivity contribution is 0.0895. The van der Waals surface area contributed by atoms with Gasteiger partial charge in [-0.25, -0.2) is 0 Å². The van der Waals surface area contributed by atoms with Gasteiger partial charge in [-0.3, -0.25) is 9.00 Å². The molecule has 0 saturated carbocycles. The first-order valence-electron chi connectivity index (χ1n) is 6.06. The Hall–Kier alpha value is -1.04. The fourth-order valence-electron chi connectivity index (χ4n) is 2.22. The van der Waals surface area contributed by atoms with Crippen molar-refractivity contribution in [2.24, 2.45) is 5.92 Å². The van der Waals surface area contributed by atoms with Gasteiger partial charge in [0, 0.05) is 17.2 Å². The van der Waals surface area contributed by atoms with Crippen molar-refractivity contribution in [3.05, 3.63) is 35.4 Å². The van der Waals surface area contributed by atoms with Crippen LogP contribution in [0.3, 0.4) is 0 Å². The van der Waals surface area contributed by atoms with Gasteiger partial charge in [0.25, 0.3) is 0 Å². The Morgan fingerprint density at radius 2 is 1.89 bits per heavy atom. The number of piperidine rings is 1. The van der Waals surface area contributed by atoms with Crippen LogP contribution >= 0.6 is 0 Å². The number of nitrogens with one attached hydrogen (secondary N) is 1. The van der Waals surface area contributed by atoms with Crippen molar-refractivity contribution >= 4 is 16.9 Å². The lowest BCUT2D eigenvalue weighted by Gasteiger charge is -2.21. The zero-order chi connectivity index (χ0) is 13.0. The van der Waals surface area contributed by atoms with Gasteiger partial charge in [0.1, 0.15) is 0 Å². The molecule has 1 aliphatic rings. The van der Waals surface area contributed by atoms with Crippen molar-refractivity contribution in [3.63, 3.8) is 0 Å². The highest BCUT2D eigenvalue weighted by molar-refractivity contribution is 7.78. The second kappa shape index (κ2) is 6.22. The van der Waals surface area contributed by atoms with Crippen LogP contribution < -0.4 is 5.32 Å². The lowest BCUT2D eigenvalue weighted by Crippen LogP contribution is -2.31. The van der Waals surface area contributed by atoms with Gasteiger partial charge in [-0.15, -0.1) is 0 Å². The van der Waals surface area contributed by atoms with Gasteiger partial charge < -0.3 is 9.87 Å². The number of rotatable bonds is 4. The van der Waals surface area contributed by atoms with E-state index < -0.39 is 11.1 Å². The van der Waals surface area contributed by atoms with E-state index in [0.717, 1.165) is 25.9 Å². The monoisotopic (exact) mass is 266 g/mol. The average molecular weight is 266 g/mol. The maximum Gasteiger partial charge on any atom is 0.166 e. The number of hydrogen-bond acceptors (Lipinski definition) is 4. The second-order valence-corrected chi connectivity index (χ2v) is 5.43. The molecule has 18 heavy (non-hydrogen) atoms. The molecule has 4 nitrogen and oxygen atoms in total. The molecule has 5 heteroatoms. The highest BCUT2D eigenvalue weighted by Gasteiger charge is 2.21. The van der Waals surface area contributed by atoms with Crippen LogP contribution in [0.4, 0.5) is 0 Å². The molecule has 0 aromatic heterocycles. The molecule has 1 heterocycles. The number of carbonyl (C=O) groups is 1. The van der Waals surface area contributed by atoms with E-state index in [1.165, 1.54) is 0 Å². The maximum atomic E-state index is 12.2. The molecule has 98 valence electrons. The molecule has 1 aliphatic heterocycles. The van der Waals surface area contributed by atoms with Crippen LogP contribution in [0.1, 0.15) is 28.8 Å². The molecule has 1 unspecified atom stereocenters. The minimum absolute atomic E-state index is 0.00180. The number of benzene rings is 1. The first-order chi connectivity index (χ1) is 8.66. The highest BCUT2D eigenvalue weighted by atomic mass is 32.2. The molecule has 0 radical (unpaired) electrons. The van der Waals surface area contributed by atoms with E-state index in [-0.39, 0.29) is 17.5 Å². The van der Waals surface area contributed by atoms with E-state index in [2.05, 4.69) is 5.32 Å². The van der Waals surface area contributed by atoms with Crippen LogP contribution in [0.25, 0.3) is 0 Å². The van der Waals surface area contributed by atoms with E-state index in [1.807, 2.05) is 0 Å². The van der Waals surface area contributed by atoms with Crippen molar-refractivity contribution in [2.45, 2.75) is 18.6 Å². The lowest BCUT2D eigenvalue weighted by atomic mass is 9.89. The molecule has 0 bridgehead atoms. The molecular weight excluding hydrogens is 250 g/mol. The largest absolute Gasteiger partial charge is 0.772 e. The predicted octanol–water partition coefficient (Wildman–Crippen LogP) is 1.25. The van der Waals surface area contributed by atoms with Crippen LogP contribution in [-0.4, -0.2) is 27.6 Å². The highest BCUT2D eigenvalue weighted by Crippen LogP contribution is 2.18. The summed E-state index contributed by atoms with van der Waals surface area (Å²) in [4.78, 5) is 12.2. The van der Waals surface area contributed by atoms with Gasteiger partial charge >= 0.3 is 0 Å². The Morgan fingerprint density at radius 3 is 2.44 bits per heavy atom. The van der Waals surface area contributed by atoms with Crippen molar-refractivity contribution in [3.8, 4) is 0 Å². The SMILES string of the molecule is O=C(c1ccc(CS(=O)[O-])cc1)C1CCNCC1. The zero-order valence-corrected chi connectivity index (χ0v) is 10.9. The molecule has 0 spiro atoms. The second-order valence-electron chi connectivity index (χ2n) is 4.53. The third-order valence-corrected chi connectivity index (χ3v) is 3.80. The van der Waals surface area contributed by atoms with Gasteiger partial charge in [-0.05, 0) is 31.5 Å². The molecule has 1 aromatic rings. The normalized spacial score (nSPS) is 18.5. The van der Waals surface area contributed by atoms with Crippen molar-refractivity contribution < 1.29 is 13.6 Å². The summed E-state index contributed by atoms with van der Waals surface area (Å²) in [5, 5.41) is 3.23. The third-order valence-electron chi connectivity index (χ3n) is 3.23. The van der Waals surface area contributed by atoms with Crippen LogP contribution in [-0.2, 0) is 16.8 Å². The fraction of sp³-hybridized carbons (Fsp3) is 0.462. The molecule has 1 saturated heterocycles. The van der Waals surface area contributed by atoms with E-state index >= 15 is 0 Å². The predicted molar refractivity (Wildman–Crippen MR) is 69.0 cm³/mol. The summed E-state index contributed by atoms with van der Waals surface area (Å²) in [6, 6.07) is 6.88.